The van der Waals surface area contributed by atoms with Crippen LogP contribution in [0.25, 0.3) is 0 Å². The van der Waals surface area contributed by atoms with Crippen molar-refractivity contribution in [1.82, 2.24) is 9.62 Å². The zero-order valence-corrected chi connectivity index (χ0v) is 13.6. The van der Waals surface area contributed by atoms with Gasteiger partial charge < -0.3 is 9.64 Å². The van der Waals surface area contributed by atoms with Crippen LogP contribution in [-0.2, 0) is 10.0 Å². The Kier molecular flexibility index (Phi) is 3.54. The van der Waals surface area contributed by atoms with Crippen LogP contribution in [0.1, 0.15) is 10.4 Å². The van der Waals surface area contributed by atoms with Crippen molar-refractivity contribution in [3.63, 3.8) is 0 Å². The Hall–Kier alpha value is -2.38. The molecule has 1 N–H and O–H groups in total. The number of carbonyl (C=O) groups is 1. The summed E-state index contributed by atoms with van der Waals surface area (Å²) in [6.45, 7) is 0.626. The lowest BCUT2D eigenvalue weighted by Gasteiger charge is -2.17. The van der Waals surface area contributed by atoms with E-state index < -0.39 is 22.2 Å². The molecule has 0 aliphatic carbocycles. The molecule has 0 saturated carbocycles. The average molecular weight is 344 g/mol. The monoisotopic (exact) mass is 344 g/mol. The number of nitrogens with one attached hydrogen (secondary N) is 1. The highest BCUT2D eigenvalue weighted by Crippen LogP contribution is 2.30. The molecule has 2 atom stereocenters. The van der Waals surface area contributed by atoms with Gasteiger partial charge in [0, 0.05) is 12.1 Å². The molecule has 1 saturated heterocycles. The molecule has 0 spiro atoms. The van der Waals surface area contributed by atoms with Gasteiger partial charge in [-0.25, -0.2) is 13.1 Å². The van der Waals surface area contributed by atoms with Crippen molar-refractivity contribution in [2.45, 2.75) is 17.0 Å². The lowest BCUT2D eigenvalue weighted by molar-refractivity contribution is 0.0771. The van der Waals surface area contributed by atoms with Crippen LogP contribution in [0.3, 0.4) is 0 Å². The van der Waals surface area contributed by atoms with Gasteiger partial charge in [0.2, 0.25) is 10.0 Å². The number of benzene rings is 2. The quantitative estimate of drug-likeness (QED) is 0.845. The second kappa shape index (κ2) is 5.61. The van der Waals surface area contributed by atoms with Gasteiger partial charge in [-0.3, -0.25) is 4.79 Å². The van der Waals surface area contributed by atoms with E-state index in [2.05, 4.69) is 4.72 Å². The number of likely N-dealkylation sites (tertiary alicyclic amines) is 1. The molecule has 2 aliphatic rings. The van der Waals surface area contributed by atoms with E-state index in [1.54, 1.807) is 47.4 Å². The zero-order valence-electron chi connectivity index (χ0n) is 12.8. The molecule has 2 aromatic carbocycles. The van der Waals surface area contributed by atoms with Crippen LogP contribution in [0.5, 0.6) is 5.75 Å². The molecule has 124 valence electrons. The predicted octanol–water partition coefficient (Wildman–Crippen LogP) is 1.25. The molecule has 6 nitrogen and oxygen atoms in total. The van der Waals surface area contributed by atoms with E-state index in [-0.39, 0.29) is 17.3 Å². The van der Waals surface area contributed by atoms with Crippen LogP contribution < -0.4 is 9.46 Å². The van der Waals surface area contributed by atoms with Gasteiger partial charge in [0.25, 0.3) is 5.91 Å². The lowest BCUT2D eigenvalue weighted by Crippen LogP contribution is -2.42. The molecular weight excluding hydrogens is 328 g/mol. The summed E-state index contributed by atoms with van der Waals surface area (Å²) < 4.78 is 33.5. The van der Waals surface area contributed by atoms with E-state index in [0.29, 0.717) is 17.9 Å². The van der Waals surface area contributed by atoms with Gasteiger partial charge in [-0.2, -0.15) is 0 Å². The van der Waals surface area contributed by atoms with Gasteiger partial charge in [-0.05, 0) is 24.3 Å². The van der Waals surface area contributed by atoms with Crippen molar-refractivity contribution in [2.24, 2.45) is 0 Å². The van der Waals surface area contributed by atoms with Crippen molar-refractivity contribution in [2.75, 3.05) is 13.1 Å². The predicted molar refractivity (Wildman–Crippen MR) is 87.3 cm³/mol. The maximum atomic E-state index is 12.6. The number of para-hydroxylation sites is 1. The van der Waals surface area contributed by atoms with E-state index in [9.17, 15) is 13.2 Å². The number of rotatable bonds is 1. The second-order valence-corrected chi connectivity index (χ2v) is 7.59. The Bertz CT molecular complexity index is 882. The number of hydrogen-bond donors (Lipinski definition) is 1. The molecular formula is C17H16N2O4S. The van der Waals surface area contributed by atoms with Crippen LogP contribution >= 0.6 is 0 Å². The van der Waals surface area contributed by atoms with Crippen LogP contribution in [0.4, 0.5) is 0 Å². The maximum Gasteiger partial charge on any atom is 0.254 e. The minimum Gasteiger partial charge on any atom is -0.485 e. The number of amides is 1. The van der Waals surface area contributed by atoms with Gasteiger partial charge in [0.1, 0.15) is 16.7 Å². The molecule has 24 heavy (non-hydrogen) atoms. The first-order chi connectivity index (χ1) is 11.5. The third-order valence-electron chi connectivity index (χ3n) is 4.30. The normalized spacial score (nSPS) is 24.4. The molecule has 2 unspecified atom stereocenters. The fourth-order valence-corrected chi connectivity index (χ4v) is 4.52. The Labute approximate surface area is 140 Å². The first-order valence-electron chi connectivity index (χ1n) is 7.67. The molecule has 0 radical (unpaired) electrons. The highest BCUT2D eigenvalue weighted by molar-refractivity contribution is 7.89. The van der Waals surface area contributed by atoms with E-state index in [0.717, 1.165) is 0 Å². The van der Waals surface area contributed by atoms with Crippen LogP contribution in [0.2, 0.25) is 0 Å². The summed E-state index contributed by atoms with van der Waals surface area (Å²) in [5, 5.41) is 0. The second-order valence-electron chi connectivity index (χ2n) is 5.91. The summed E-state index contributed by atoms with van der Waals surface area (Å²) in [6.07, 6.45) is -0.406. The molecule has 2 aromatic rings. The number of carbonyl (C=O) groups excluding carboxylic acids is 1. The number of nitrogens with zero attached hydrogens (tertiary/aromatic N) is 1. The molecule has 7 heteroatoms. The molecule has 0 bridgehead atoms. The highest BCUT2D eigenvalue weighted by atomic mass is 32.2. The van der Waals surface area contributed by atoms with E-state index in [1.807, 2.05) is 6.07 Å². The number of sulfonamides is 1. The van der Waals surface area contributed by atoms with E-state index >= 15 is 0 Å². The smallest absolute Gasteiger partial charge is 0.254 e. The molecule has 1 fully saturated rings. The van der Waals surface area contributed by atoms with Gasteiger partial charge in [0.15, 0.2) is 0 Å². The SMILES string of the molecule is O=C(c1ccccc1)N1CC2NS(=O)(=O)c3ccccc3OC2C1. The number of fused-ring (bicyclic) bond motifs is 2. The summed E-state index contributed by atoms with van der Waals surface area (Å²) in [7, 11) is -3.66. The fraction of sp³-hybridized carbons (Fsp3) is 0.235. The summed E-state index contributed by atoms with van der Waals surface area (Å²) in [4.78, 5) is 14.3. The molecule has 0 aromatic heterocycles. The third-order valence-corrected chi connectivity index (χ3v) is 5.83. The first-order valence-corrected chi connectivity index (χ1v) is 9.15. The Morgan fingerprint density at radius 2 is 1.75 bits per heavy atom. The van der Waals surface area contributed by atoms with Gasteiger partial charge in [0.05, 0.1) is 12.6 Å². The van der Waals surface area contributed by atoms with Crippen LogP contribution in [0.15, 0.2) is 59.5 Å². The minimum absolute atomic E-state index is 0.125. The van der Waals surface area contributed by atoms with E-state index in [4.69, 9.17) is 4.74 Å². The van der Waals surface area contributed by atoms with Crippen LogP contribution in [-0.4, -0.2) is 44.5 Å². The summed E-state index contributed by atoms with van der Waals surface area (Å²) in [5.74, 6) is 0.200. The topological polar surface area (TPSA) is 75.7 Å². The minimum atomic E-state index is -3.66. The van der Waals surface area contributed by atoms with Gasteiger partial charge >= 0.3 is 0 Å². The molecule has 1 amide bonds. The Morgan fingerprint density at radius 3 is 2.54 bits per heavy atom. The van der Waals surface area contributed by atoms with Crippen molar-refractivity contribution < 1.29 is 17.9 Å². The fourth-order valence-electron chi connectivity index (χ4n) is 3.13. The first kappa shape index (κ1) is 15.2. The van der Waals surface area contributed by atoms with Crippen molar-refractivity contribution in [3.05, 3.63) is 60.2 Å². The molecule has 2 heterocycles. The Balaban J connectivity index is 1.62. The highest BCUT2D eigenvalue weighted by Gasteiger charge is 2.42. The standard InChI is InChI=1S/C17H16N2O4S/c20-17(12-6-2-1-3-7-12)19-10-13-15(11-19)23-14-8-4-5-9-16(14)24(21,22)18-13/h1-9,13,15,18H,10-11H2. The van der Waals surface area contributed by atoms with Crippen molar-refractivity contribution in [1.29, 1.82) is 0 Å². The van der Waals surface area contributed by atoms with Crippen molar-refractivity contribution in [3.8, 4) is 5.75 Å². The van der Waals surface area contributed by atoms with Gasteiger partial charge in [-0.15, -0.1) is 0 Å². The number of hydrogen-bond acceptors (Lipinski definition) is 4. The average Bonchev–Trinajstić information content (AvgIpc) is 2.92. The van der Waals surface area contributed by atoms with E-state index in [1.165, 1.54) is 6.07 Å². The zero-order chi connectivity index (χ0) is 16.7. The summed E-state index contributed by atoms with van der Waals surface area (Å²) in [6, 6.07) is 15.0. The maximum absolute atomic E-state index is 12.6. The summed E-state index contributed by atoms with van der Waals surface area (Å²) >= 11 is 0. The summed E-state index contributed by atoms with van der Waals surface area (Å²) in [5.41, 5.74) is 0.581. The molecule has 4 rings (SSSR count). The molecule has 2 aliphatic heterocycles. The lowest BCUT2D eigenvalue weighted by atomic mass is 10.2. The Morgan fingerprint density at radius 1 is 1.04 bits per heavy atom. The van der Waals surface area contributed by atoms with Gasteiger partial charge in [-0.1, -0.05) is 30.3 Å². The van der Waals surface area contributed by atoms with Crippen LogP contribution in [0, 0.1) is 0 Å². The number of ether oxygens (including phenoxy) is 1. The third kappa shape index (κ3) is 2.55. The van der Waals surface area contributed by atoms with Crippen molar-refractivity contribution >= 4 is 15.9 Å². The largest absolute Gasteiger partial charge is 0.485 e.